The van der Waals surface area contributed by atoms with Crippen molar-refractivity contribution in [1.82, 2.24) is 4.90 Å². The van der Waals surface area contributed by atoms with Gasteiger partial charge in [-0.15, -0.1) is 0 Å². The predicted molar refractivity (Wildman–Crippen MR) is 59.1 cm³/mol. The minimum absolute atomic E-state index is 0.0875. The standard InChI is InChI=1S/C12H23NO/c1-10(2)9-11(14)13-8-6-5-7-12(13,3)4/h10H,5-9H2,1-4H3. The molecule has 2 nitrogen and oxygen atoms in total. The van der Waals surface area contributed by atoms with Gasteiger partial charge in [-0.2, -0.15) is 0 Å². The average Bonchev–Trinajstić information content (AvgIpc) is 2.01. The van der Waals surface area contributed by atoms with E-state index in [9.17, 15) is 4.79 Å². The molecule has 1 amide bonds. The van der Waals surface area contributed by atoms with Crippen LogP contribution in [0.5, 0.6) is 0 Å². The van der Waals surface area contributed by atoms with E-state index in [0.29, 0.717) is 18.2 Å². The van der Waals surface area contributed by atoms with Crippen LogP contribution in [-0.2, 0) is 4.79 Å². The van der Waals surface area contributed by atoms with Crippen LogP contribution in [0.1, 0.15) is 53.4 Å². The number of rotatable bonds is 2. The van der Waals surface area contributed by atoms with Gasteiger partial charge in [0.1, 0.15) is 0 Å². The second kappa shape index (κ2) is 4.33. The second-order valence-corrected chi connectivity index (χ2v) is 5.41. The Morgan fingerprint density at radius 1 is 1.36 bits per heavy atom. The van der Waals surface area contributed by atoms with E-state index in [1.807, 2.05) is 0 Å². The third-order valence-corrected chi connectivity index (χ3v) is 3.03. The average molecular weight is 197 g/mol. The molecule has 82 valence electrons. The number of piperidine rings is 1. The van der Waals surface area contributed by atoms with Gasteiger partial charge >= 0.3 is 0 Å². The lowest BCUT2D eigenvalue weighted by Gasteiger charge is -2.43. The monoisotopic (exact) mass is 197 g/mol. The number of nitrogens with zero attached hydrogens (tertiary/aromatic N) is 1. The van der Waals surface area contributed by atoms with Crippen molar-refractivity contribution in [2.45, 2.75) is 58.9 Å². The predicted octanol–water partition coefficient (Wildman–Crippen LogP) is 2.82. The molecular weight excluding hydrogens is 174 g/mol. The molecule has 0 aromatic carbocycles. The lowest BCUT2D eigenvalue weighted by Crippen LogP contribution is -2.50. The molecule has 0 aromatic heterocycles. The Bertz CT molecular complexity index is 208. The highest BCUT2D eigenvalue weighted by molar-refractivity contribution is 5.77. The number of carbonyl (C=O) groups excluding carboxylic acids is 1. The normalized spacial score (nSPS) is 21.4. The van der Waals surface area contributed by atoms with Crippen molar-refractivity contribution in [1.29, 1.82) is 0 Å². The topological polar surface area (TPSA) is 20.3 Å². The number of hydrogen-bond acceptors (Lipinski definition) is 1. The van der Waals surface area contributed by atoms with E-state index in [1.165, 1.54) is 12.8 Å². The Morgan fingerprint density at radius 3 is 2.50 bits per heavy atom. The molecule has 0 aliphatic carbocycles. The van der Waals surface area contributed by atoms with Gasteiger partial charge in [-0.1, -0.05) is 13.8 Å². The number of hydrogen-bond donors (Lipinski definition) is 0. The molecular formula is C12H23NO. The molecule has 1 aliphatic heterocycles. The number of carbonyl (C=O) groups is 1. The highest BCUT2D eigenvalue weighted by Gasteiger charge is 2.32. The maximum absolute atomic E-state index is 12.0. The van der Waals surface area contributed by atoms with Crippen LogP contribution in [0.25, 0.3) is 0 Å². The molecule has 0 saturated carbocycles. The quantitative estimate of drug-likeness (QED) is 0.666. The SMILES string of the molecule is CC(C)CC(=O)N1CCCCC1(C)C. The lowest BCUT2D eigenvalue weighted by molar-refractivity contribution is -0.139. The van der Waals surface area contributed by atoms with Gasteiger partial charge in [0.05, 0.1) is 0 Å². The fourth-order valence-electron chi connectivity index (χ4n) is 2.19. The molecule has 0 spiro atoms. The molecule has 2 heteroatoms. The van der Waals surface area contributed by atoms with Crippen molar-refractivity contribution in [3.63, 3.8) is 0 Å². The molecule has 1 saturated heterocycles. The first kappa shape index (κ1) is 11.5. The van der Waals surface area contributed by atoms with Gasteiger partial charge in [-0.25, -0.2) is 0 Å². The molecule has 0 radical (unpaired) electrons. The maximum atomic E-state index is 12.0. The molecule has 0 aromatic rings. The molecule has 1 rings (SSSR count). The van der Waals surface area contributed by atoms with E-state index < -0.39 is 0 Å². The van der Waals surface area contributed by atoms with Crippen LogP contribution in [-0.4, -0.2) is 22.9 Å². The van der Waals surface area contributed by atoms with Crippen LogP contribution in [0.15, 0.2) is 0 Å². The number of amides is 1. The summed E-state index contributed by atoms with van der Waals surface area (Å²) in [6.45, 7) is 9.54. The molecule has 0 unspecified atom stereocenters. The summed E-state index contributed by atoms with van der Waals surface area (Å²) < 4.78 is 0. The minimum Gasteiger partial charge on any atom is -0.338 e. The van der Waals surface area contributed by atoms with E-state index in [-0.39, 0.29) is 5.54 Å². The van der Waals surface area contributed by atoms with Crippen LogP contribution >= 0.6 is 0 Å². The van der Waals surface area contributed by atoms with Crippen molar-refractivity contribution < 1.29 is 4.79 Å². The van der Waals surface area contributed by atoms with Crippen LogP contribution in [0, 0.1) is 5.92 Å². The van der Waals surface area contributed by atoms with Gasteiger partial charge in [0.2, 0.25) is 5.91 Å². The summed E-state index contributed by atoms with van der Waals surface area (Å²) in [4.78, 5) is 14.0. The molecule has 0 bridgehead atoms. The first-order valence-electron chi connectivity index (χ1n) is 5.74. The minimum atomic E-state index is 0.0875. The summed E-state index contributed by atoms with van der Waals surface area (Å²) in [6.07, 6.45) is 4.28. The van der Waals surface area contributed by atoms with Crippen molar-refractivity contribution >= 4 is 5.91 Å². The van der Waals surface area contributed by atoms with Crippen LogP contribution in [0.3, 0.4) is 0 Å². The molecule has 1 fully saturated rings. The Kier molecular flexibility index (Phi) is 3.57. The van der Waals surface area contributed by atoms with Gasteiger partial charge in [0, 0.05) is 18.5 Å². The second-order valence-electron chi connectivity index (χ2n) is 5.41. The summed E-state index contributed by atoms with van der Waals surface area (Å²) in [5.74, 6) is 0.810. The third kappa shape index (κ3) is 2.73. The summed E-state index contributed by atoms with van der Waals surface area (Å²) in [5, 5.41) is 0. The first-order valence-corrected chi connectivity index (χ1v) is 5.74. The molecule has 1 heterocycles. The summed E-state index contributed by atoms with van der Waals surface area (Å²) in [5.41, 5.74) is 0.0875. The lowest BCUT2D eigenvalue weighted by atomic mass is 9.89. The van der Waals surface area contributed by atoms with E-state index in [1.54, 1.807) is 0 Å². The Labute approximate surface area is 87.7 Å². The zero-order valence-corrected chi connectivity index (χ0v) is 9.97. The fraction of sp³-hybridized carbons (Fsp3) is 0.917. The molecule has 0 atom stereocenters. The van der Waals surface area contributed by atoms with Gasteiger partial charge in [-0.05, 0) is 39.0 Å². The Hall–Kier alpha value is -0.530. The zero-order chi connectivity index (χ0) is 10.8. The van der Waals surface area contributed by atoms with Gasteiger partial charge in [-0.3, -0.25) is 4.79 Å². The van der Waals surface area contributed by atoms with E-state index in [0.717, 1.165) is 13.0 Å². The van der Waals surface area contributed by atoms with E-state index in [2.05, 4.69) is 32.6 Å². The first-order chi connectivity index (χ1) is 6.43. The van der Waals surface area contributed by atoms with Crippen molar-refractivity contribution in [3.8, 4) is 0 Å². The molecule has 14 heavy (non-hydrogen) atoms. The smallest absolute Gasteiger partial charge is 0.223 e. The van der Waals surface area contributed by atoms with Gasteiger partial charge in [0.15, 0.2) is 0 Å². The van der Waals surface area contributed by atoms with Crippen molar-refractivity contribution in [2.24, 2.45) is 5.92 Å². The van der Waals surface area contributed by atoms with Crippen LogP contribution in [0.2, 0.25) is 0 Å². The summed E-state index contributed by atoms with van der Waals surface area (Å²) >= 11 is 0. The highest BCUT2D eigenvalue weighted by atomic mass is 16.2. The van der Waals surface area contributed by atoms with Crippen LogP contribution in [0.4, 0.5) is 0 Å². The largest absolute Gasteiger partial charge is 0.338 e. The Balaban J connectivity index is 2.60. The zero-order valence-electron chi connectivity index (χ0n) is 9.97. The summed E-state index contributed by atoms with van der Waals surface area (Å²) in [6, 6.07) is 0. The fourth-order valence-corrected chi connectivity index (χ4v) is 2.19. The molecule has 1 aliphatic rings. The highest BCUT2D eigenvalue weighted by Crippen LogP contribution is 2.28. The summed E-state index contributed by atoms with van der Waals surface area (Å²) in [7, 11) is 0. The van der Waals surface area contributed by atoms with Crippen molar-refractivity contribution in [2.75, 3.05) is 6.54 Å². The maximum Gasteiger partial charge on any atom is 0.223 e. The molecule has 0 N–H and O–H groups in total. The van der Waals surface area contributed by atoms with Crippen LogP contribution < -0.4 is 0 Å². The van der Waals surface area contributed by atoms with Gasteiger partial charge in [0.25, 0.3) is 0 Å². The third-order valence-electron chi connectivity index (χ3n) is 3.03. The van der Waals surface area contributed by atoms with Gasteiger partial charge < -0.3 is 4.90 Å². The van der Waals surface area contributed by atoms with E-state index >= 15 is 0 Å². The Morgan fingerprint density at radius 2 is 2.00 bits per heavy atom. The number of likely N-dealkylation sites (tertiary alicyclic amines) is 1. The van der Waals surface area contributed by atoms with E-state index in [4.69, 9.17) is 0 Å². The van der Waals surface area contributed by atoms with Crippen molar-refractivity contribution in [3.05, 3.63) is 0 Å².